The van der Waals surface area contributed by atoms with E-state index in [-0.39, 0.29) is 35.6 Å². The Labute approximate surface area is 439 Å². The van der Waals surface area contributed by atoms with Gasteiger partial charge in [0, 0.05) is 0 Å². The van der Waals surface area contributed by atoms with E-state index in [0.29, 0.717) is 11.3 Å². The van der Waals surface area contributed by atoms with Gasteiger partial charge in [0.25, 0.3) is 0 Å². The zero-order valence-electron chi connectivity index (χ0n) is 44.5. The molecule has 0 bridgehead atoms. The van der Waals surface area contributed by atoms with Gasteiger partial charge in [-0.2, -0.15) is 11.6 Å². The van der Waals surface area contributed by atoms with Crippen LogP contribution in [0.4, 0.5) is 0 Å². The van der Waals surface area contributed by atoms with E-state index in [2.05, 4.69) is 246 Å². The maximum absolute atomic E-state index is 3.35. The van der Waals surface area contributed by atoms with E-state index in [9.17, 15) is 0 Å². The Hall–Kier alpha value is -4.00. The summed E-state index contributed by atoms with van der Waals surface area (Å²) >= 11 is 1.46. The van der Waals surface area contributed by atoms with Gasteiger partial charge >= 0.3 is 112 Å². The monoisotopic (exact) mass is 1020 g/mol. The number of rotatable bonds is 5. The van der Waals surface area contributed by atoms with Gasteiger partial charge in [0.15, 0.2) is 0 Å². The first-order chi connectivity index (χ1) is 30.8. The Morgan fingerprint density at radius 2 is 0.853 bits per heavy atom. The van der Waals surface area contributed by atoms with E-state index in [1.807, 2.05) is 0 Å². The molecule has 8 rings (SSSR count). The molecule has 7 aromatic rings. The number of aryl methyl sites for hydroxylation is 8. The van der Waals surface area contributed by atoms with Crippen molar-refractivity contribution in [2.75, 3.05) is 0 Å². The molecule has 0 N–H and O–H groups in total. The van der Waals surface area contributed by atoms with E-state index in [1.165, 1.54) is 150 Å². The molecule has 356 valence electrons. The maximum Gasteiger partial charge on any atom is -1.00 e. The Kier molecular flexibility index (Phi) is 18.6. The number of hydrogen-bond acceptors (Lipinski definition) is 0. The second-order valence-electron chi connectivity index (χ2n) is 22.5. The molecule has 7 aromatic carbocycles. The third-order valence-corrected chi connectivity index (χ3v) is 14.7. The molecule has 68 heavy (non-hydrogen) atoms. The Morgan fingerprint density at radius 3 is 1.13 bits per heavy atom. The van der Waals surface area contributed by atoms with E-state index >= 15 is 0 Å². The summed E-state index contributed by atoms with van der Waals surface area (Å²) in [5, 5.41) is 5.41. The Bertz CT molecular complexity index is 2740. The normalized spacial score (nSPS) is 13.5. The van der Waals surface area contributed by atoms with Crippen molar-refractivity contribution < 1.29 is 49.0 Å². The van der Waals surface area contributed by atoms with Crippen molar-refractivity contribution in [1.82, 2.24) is 0 Å². The average molecular weight is 1020 g/mol. The molecule has 1 aliphatic carbocycles. The molecule has 1 aliphatic rings. The molecule has 3 heteroatoms. The maximum atomic E-state index is 3.35. The average Bonchev–Trinajstić information content (AvgIpc) is 3.85. The summed E-state index contributed by atoms with van der Waals surface area (Å²) in [6.07, 6.45) is 9.00. The molecule has 0 radical (unpaired) electrons. The molecule has 0 aromatic heterocycles. The Balaban J connectivity index is 0.000000284. The van der Waals surface area contributed by atoms with Gasteiger partial charge in [-0.05, 0) is 108 Å². The quantitative estimate of drug-likeness (QED) is 0.151. The topological polar surface area (TPSA) is 0 Å². The van der Waals surface area contributed by atoms with Crippen LogP contribution in [0.5, 0.6) is 0 Å². The van der Waals surface area contributed by atoms with Crippen LogP contribution in [0.25, 0.3) is 43.8 Å². The smallest absolute Gasteiger partial charge is 1.00 e. The van der Waals surface area contributed by atoms with Gasteiger partial charge in [0.05, 0.1) is 0 Å². The van der Waals surface area contributed by atoms with Crippen LogP contribution in [-0.4, -0.2) is 3.21 Å². The van der Waals surface area contributed by atoms with Crippen molar-refractivity contribution in [2.45, 2.75) is 142 Å². The molecule has 0 fully saturated rings. The molecule has 0 saturated carbocycles. The third-order valence-electron chi connectivity index (χ3n) is 13.3. The van der Waals surface area contributed by atoms with Crippen LogP contribution in [0, 0.1) is 72.8 Å². The van der Waals surface area contributed by atoms with E-state index in [0.717, 1.165) is 0 Å². The summed E-state index contributed by atoms with van der Waals surface area (Å²) in [5.74, 6) is 0.573. The van der Waals surface area contributed by atoms with Crippen LogP contribution in [-0.2, 0) is 35.1 Å². The van der Waals surface area contributed by atoms with Crippen molar-refractivity contribution in [2.24, 2.45) is 11.3 Å². The van der Waals surface area contributed by atoms with Crippen LogP contribution < -0.4 is 24.8 Å². The van der Waals surface area contributed by atoms with Gasteiger partial charge in [-0.25, -0.2) is 6.08 Å². The minimum Gasteiger partial charge on any atom is -1.00 e. The van der Waals surface area contributed by atoms with Gasteiger partial charge < -0.3 is 24.8 Å². The van der Waals surface area contributed by atoms with Crippen molar-refractivity contribution in [3.63, 3.8) is 0 Å². The molecule has 1 unspecified atom stereocenters. The van der Waals surface area contributed by atoms with Crippen molar-refractivity contribution >= 4 is 24.8 Å². The summed E-state index contributed by atoms with van der Waals surface area (Å²) in [5.41, 5.74) is 23.6. The van der Waals surface area contributed by atoms with Crippen LogP contribution in [0.2, 0.25) is 0 Å². The number of fused-ring (bicyclic) bond motifs is 3. The first-order valence-corrected chi connectivity index (χ1v) is 25.4. The zero-order valence-corrected chi connectivity index (χ0v) is 48.5. The molecule has 0 spiro atoms. The number of halogens is 2. The molecule has 1 atom stereocenters. The van der Waals surface area contributed by atoms with Crippen LogP contribution in [0.3, 0.4) is 0 Å². The number of hydrogen-bond donors (Lipinski definition) is 0. The number of allylic oxidation sites excluding steroid dienone is 4. The predicted molar refractivity (Wildman–Crippen MR) is 288 cm³/mol. The largest absolute Gasteiger partial charge is 1.00 e. The van der Waals surface area contributed by atoms with Gasteiger partial charge in [0.1, 0.15) is 0 Å². The summed E-state index contributed by atoms with van der Waals surface area (Å²) < 4.78 is 1.42. The van der Waals surface area contributed by atoms with E-state index in [4.69, 9.17) is 0 Å². The number of benzene rings is 6. The molecule has 0 heterocycles. The molecule has 0 saturated heterocycles. The summed E-state index contributed by atoms with van der Waals surface area (Å²) in [6, 6.07) is 39.2. The standard InChI is InChI=1S/C39H45.C15H14.C11H17.2ClH.Zr/c1-22-13-24(3)36(25(4)14-22)32-18-28-17-29-19-33(37-26(5)15-23(2)16-27(37)6)35(39(10,11)12)21-31(29)30(28)20-34(32)38(7,8)9;1-12-3-7-14(8-4-12)11-15-9-5-13(2)6-10-15;1-5-9-6-7-10(8-9)11(2,3)4;;;/h13-21H,1-12H3;3-10H,1-2H3;7-9H,5H2,1-4H3;2*1H;/q-1;;-1;;;+2/p-2. The first kappa shape index (κ1) is 56.6. The van der Waals surface area contributed by atoms with Gasteiger partial charge in [0.2, 0.25) is 0 Å². The molecule has 0 amide bonds. The summed E-state index contributed by atoms with van der Waals surface area (Å²) in [7, 11) is 0. The minimum absolute atomic E-state index is 0. The second kappa shape index (κ2) is 22.4. The van der Waals surface area contributed by atoms with Gasteiger partial charge in [-0.15, -0.1) is 39.7 Å². The van der Waals surface area contributed by atoms with Crippen molar-refractivity contribution in [3.8, 4) is 22.3 Å². The SMILES string of the molecule is CCC1[C-]=CC(C(C)(C)C)=C1.Cc1cc(C)c(-c2cc3[cH-]c4cc(-c5c(C)cc(C)cc5C)c(C(C)(C)C)cc4c3cc2C(C)(C)C)c(C)c1.Cc1ccc([C](=[Zr+2])c2ccc(C)cc2)cc1.[Cl-].[Cl-]. The second-order valence-corrected chi connectivity index (χ2v) is 23.7. The predicted octanol–water partition coefficient (Wildman–Crippen LogP) is 12.3. The summed E-state index contributed by atoms with van der Waals surface area (Å²) in [6.45, 7) is 40.7. The molecule has 0 nitrogen and oxygen atoms in total. The van der Waals surface area contributed by atoms with Gasteiger partial charge in [-0.1, -0.05) is 135 Å². The fourth-order valence-corrected chi connectivity index (χ4v) is 10.6. The molecular weight excluding hydrogens is 943 g/mol. The first-order valence-electron chi connectivity index (χ1n) is 24.2. The van der Waals surface area contributed by atoms with Crippen LogP contribution in [0.1, 0.15) is 142 Å². The minimum atomic E-state index is 0. The van der Waals surface area contributed by atoms with E-state index < -0.39 is 0 Å². The van der Waals surface area contributed by atoms with Crippen LogP contribution >= 0.6 is 0 Å². The van der Waals surface area contributed by atoms with Gasteiger partial charge in [-0.3, -0.25) is 6.08 Å². The third kappa shape index (κ3) is 13.0. The Morgan fingerprint density at radius 1 is 0.500 bits per heavy atom. The van der Waals surface area contributed by atoms with E-state index in [1.54, 1.807) is 0 Å². The van der Waals surface area contributed by atoms with Crippen molar-refractivity contribution in [1.29, 1.82) is 0 Å². The zero-order chi connectivity index (χ0) is 48.6. The molecular formula is C65H76Cl2Zr-2. The van der Waals surface area contributed by atoms with Crippen LogP contribution in [0.15, 0.2) is 121 Å². The molecule has 0 aliphatic heterocycles. The fraction of sp³-hybridized carbons (Fsp3) is 0.354. The fourth-order valence-electron chi connectivity index (χ4n) is 9.79. The summed E-state index contributed by atoms with van der Waals surface area (Å²) in [4.78, 5) is 0. The van der Waals surface area contributed by atoms with Crippen molar-refractivity contribution in [3.05, 3.63) is 194 Å².